The molecule has 3 N–H and O–H groups in total. The smallest absolute Gasteiger partial charge is 0.241 e. The number of anilines is 1. The van der Waals surface area contributed by atoms with Crippen LogP contribution in [0.15, 0.2) is 18.2 Å². The van der Waals surface area contributed by atoms with Crippen LogP contribution in [0.3, 0.4) is 0 Å². The van der Waals surface area contributed by atoms with Crippen LogP contribution >= 0.6 is 0 Å². The molecule has 1 aromatic rings. The zero-order chi connectivity index (χ0) is 14.6. The van der Waals surface area contributed by atoms with Gasteiger partial charge in [0.25, 0.3) is 0 Å². The minimum Gasteiger partial charge on any atom is -0.497 e. The summed E-state index contributed by atoms with van der Waals surface area (Å²) in [6.45, 7) is 5.76. The molecule has 0 aromatic heterocycles. The average Bonchev–Trinajstić information content (AvgIpc) is 2.36. The lowest BCUT2D eigenvalue weighted by Gasteiger charge is -2.25. The lowest BCUT2D eigenvalue weighted by molar-refractivity contribution is -0.119. The summed E-state index contributed by atoms with van der Waals surface area (Å²) in [4.78, 5) is 12.0. The summed E-state index contributed by atoms with van der Waals surface area (Å²) >= 11 is 0. The van der Waals surface area contributed by atoms with E-state index in [1.54, 1.807) is 32.4 Å². The molecule has 0 aliphatic rings. The zero-order valence-electron chi connectivity index (χ0n) is 12.1. The van der Waals surface area contributed by atoms with Gasteiger partial charge in [-0.05, 0) is 5.41 Å². The fourth-order valence-corrected chi connectivity index (χ4v) is 1.49. The molecule has 5 heteroatoms. The summed E-state index contributed by atoms with van der Waals surface area (Å²) in [5.41, 5.74) is 6.21. The number of amides is 1. The number of carbonyl (C=O) groups is 1. The Morgan fingerprint density at radius 3 is 2.00 bits per heavy atom. The summed E-state index contributed by atoms with van der Waals surface area (Å²) in [5.74, 6) is 0.987. The highest BCUT2D eigenvalue weighted by Gasteiger charge is 2.27. The van der Waals surface area contributed by atoms with Crippen molar-refractivity contribution >= 4 is 11.6 Å². The lowest BCUT2D eigenvalue weighted by atomic mass is 9.87. The molecule has 1 atom stereocenters. The Balaban J connectivity index is 2.90. The van der Waals surface area contributed by atoms with Crippen molar-refractivity contribution in [2.24, 2.45) is 11.1 Å². The maximum atomic E-state index is 12.0. The molecule has 0 heterocycles. The van der Waals surface area contributed by atoms with E-state index in [2.05, 4.69) is 5.32 Å². The molecule has 0 saturated carbocycles. The van der Waals surface area contributed by atoms with Crippen molar-refractivity contribution in [2.75, 3.05) is 19.5 Å². The van der Waals surface area contributed by atoms with E-state index >= 15 is 0 Å². The first-order valence-corrected chi connectivity index (χ1v) is 6.07. The van der Waals surface area contributed by atoms with Crippen molar-refractivity contribution in [2.45, 2.75) is 26.8 Å². The van der Waals surface area contributed by atoms with Crippen LogP contribution in [-0.4, -0.2) is 26.2 Å². The van der Waals surface area contributed by atoms with Crippen LogP contribution in [0.2, 0.25) is 0 Å². The molecular weight excluding hydrogens is 244 g/mol. The summed E-state index contributed by atoms with van der Waals surface area (Å²) in [6.07, 6.45) is 0. The number of methoxy groups -OCH3 is 2. The van der Waals surface area contributed by atoms with Gasteiger partial charge in [0.2, 0.25) is 5.91 Å². The van der Waals surface area contributed by atoms with Gasteiger partial charge in [-0.15, -0.1) is 0 Å². The monoisotopic (exact) mass is 266 g/mol. The van der Waals surface area contributed by atoms with Crippen molar-refractivity contribution in [3.63, 3.8) is 0 Å². The Bertz CT molecular complexity index is 430. The molecule has 106 valence electrons. The topological polar surface area (TPSA) is 73.6 Å². The maximum absolute atomic E-state index is 12.0. The average molecular weight is 266 g/mol. The molecule has 0 spiro atoms. The van der Waals surface area contributed by atoms with E-state index in [1.165, 1.54) is 0 Å². The van der Waals surface area contributed by atoms with Gasteiger partial charge in [0.1, 0.15) is 11.5 Å². The van der Waals surface area contributed by atoms with E-state index in [0.717, 1.165) is 0 Å². The first-order valence-electron chi connectivity index (χ1n) is 6.07. The Morgan fingerprint density at radius 1 is 1.16 bits per heavy atom. The van der Waals surface area contributed by atoms with Crippen molar-refractivity contribution in [1.29, 1.82) is 0 Å². The van der Waals surface area contributed by atoms with E-state index in [4.69, 9.17) is 15.2 Å². The molecule has 1 unspecified atom stereocenters. The molecule has 1 rings (SSSR count). The number of hydrogen-bond donors (Lipinski definition) is 2. The first kappa shape index (κ1) is 15.3. The molecule has 0 aliphatic heterocycles. The third-order valence-electron chi connectivity index (χ3n) is 2.83. The number of nitrogens with two attached hydrogens (primary N) is 1. The highest BCUT2D eigenvalue weighted by atomic mass is 16.5. The van der Waals surface area contributed by atoms with E-state index in [1.807, 2.05) is 20.8 Å². The van der Waals surface area contributed by atoms with Gasteiger partial charge >= 0.3 is 0 Å². The predicted molar refractivity (Wildman–Crippen MR) is 75.6 cm³/mol. The highest BCUT2D eigenvalue weighted by molar-refractivity contribution is 5.95. The standard InChI is InChI=1S/C14H22N2O3/c1-14(2,3)12(15)13(17)16-9-6-10(18-4)8-11(7-9)19-5/h6-8,12H,15H2,1-5H3,(H,16,17). The first-order chi connectivity index (χ1) is 8.77. The van der Waals surface area contributed by atoms with Crippen LogP contribution in [0.1, 0.15) is 20.8 Å². The van der Waals surface area contributed by atoms with Gasteiger partial charge < -0.3 is 20.5 Å². The Hall–Kier alpha value is -1.75. The maximum Gasteiger partial charge on any atom is 0.241 e. The largest absolute Gasteiger partial charge is 0.497 e. The van der Waals surface area contributed by atoms with Gasteiger partial charge in [-0.2, -0.15) is 0 Å². The fraction of sp³-hybridized carbons (Fsp3) is 0.500. The summed E-state index contributed by atoms with van der Waals surface area (Å²) in [7, 11) is 3.11. The quantitative estimate of drug-likeness (QED) is 0.874. The molecular formula is C14H22N2O3. The molecule has 0 saturated heterocycles. The second-order valence-corrected chi connectivity index (χ2v) is 5.43. The van der Waals surface area contributed by atoms with E-state index in [0.29, 0.717) is 17.2 Å². The predicted octanol–water partition coefficient (Wildman–Crippen LogP) is 2.02. The van der Waals surface area contributed by atoms with Gasteiger partial charge in [0, 0.05) is 23.9 Å². The van der Waals surface area contributed by atoms with Crippen molar-refractivity contribution < 1.29 is 14.3 Å². The van der Waals surface area contributed by atoms with Crippen molar-refractivity contribution in [3.05, 3.63) is 18.2 Å². The Kier molecular flexibility index (Phi) is 4.78. The Labute approximate surface area is 114 Å². The highest BCUT2D eigenvalue weighted by Crippen LogP contribution is 2.26. The number of hydrogen-bond acceptors (Lipinski definition) is 4. The SMILES string of the molecule is COc1cc(NC(=O)C(N)C(C)(C)C)cc(OC)c1. The fourth-order valence-electron chi connectivity index (χ4n) is 1.49. The van der Waals surface area contributed by atoms with Crippen LogP contribution in [0.4, 0.5) is 5.69 Å². The van der Waals surface area contributed by atoms with E-state index in [9.17, 15) is 4.79 Å². The van der Waals surface area contributed by atoms with Crippen molar-refractivity contribution in [1.82, 2.24) is 0 Å². The van der Waals surface area contributed by atoms with Gasteiger partial charge in [0.15, 0.2) is 0 Å². The molecule has 0 aliphatic carbocycles. The van der Waals surface area contributed by atoms with Gasteiger partial charge in [-0.1, -0.05) is 20.8 Å². The third-order valence-corrected chi connectivity index (χ3v) is 2.83. The molecule has 0 fully saturated rings. The summed E-state index contributed by atoms with van der Waals surface area (Å²) in [6, 6.07) is 4.58. The van der Waals surface area contributed by atoms with Crippen molar-refractivity contribution in [3.8, 4) is 11.5 Å². The second kappa shape index (κ2) is 5.93. The van der Waals surface area contributed by atoms with Gasteiger partial charge in [-0.3, -0.25) is 4.79 Å². The summed E-state index contributed by atoms with van der Waals surface area (Å²) in [5, 5.41) is 2.77. The summed E-state index contributed by atoms with van der Waals surface area (Å²) < 4.78 is 10.3. The Morgan fingerprint density at radius 2 is 1.63 bits per heavy atom. The van der Waals surface area contributed by atoms with Crippen LogP contribution in [-0.2, 0) is 4.79 Å². The number of carbonyl (C=O) groups excluding carboxylic acids is 1. The zero-order valence-corrected chi connectivity index (χ0v) is 12.1. The minimum absolute atomic E-state index is 0.234. The van der Waals surface area contributed by atoms with Gasteiger partial charge in [-0.25, -0.2) is 0 Å². The molecule has 1 aromatic carbocycles. The molecule has 19 heavy (non-hydrogen) atoms. The minimum atomic E-state index is -0.593. The third kappa shape index (κ3) is 4.13. The van der Waals surface area contributed by atoms with Crippen LogP contribution < -0.4 is 20.5 Å². The van der Waals surface area contributed by atoms with Gasteiger partial charge in [0.05, 0.1) is 20.3 Å². The lowest BCUT2D eigenvalue weighted by Crippen LogP contribution is -2.45. The molecule has 1 amide bonds. The molecule has 0 bridgehead atoms. The number of benzene rings is 1. The van der Waals surface area contributed by atoms with Crippen LogP contribution in [0.25, 0.3) is 0 Å². The number of rotatable bonds is 4. The molecule has 0 radical (unpaired) electrons. The second-order valence-electron chi connectivity index (χ2n) is 5.43. The normalized spacial score (nSPS) is 12.7. The molecule has 5 nitrogen and oxygen atoms in total. The number of nitrogens with one attached hydrogen (secondary N) is 1. The van der Waals surface area contributed by atoms with E-state index in [-0.39, 0.29) is 11.3 Å². The van der Waals surface area contributed by atoms with Crippen LogP contribution in [0.5, 0.6) is 11.5 Å². The van der Waals surface area contributed by atoms with E-state index < -0.39 is 6.04 Å². The number of ether oxygens (including phenoxy) is 2. The van der Waals surface area contributed by atoms with Crippen LogP contribution in [0, 0.1) is 5.41 Å².